The highest BCUT2D eigenvalue weighted by Crippen LogP contribution is 2.38. The number of amides is 1. The third kappa shape index (κ3) is 3.94. The fourth-order valence-electron chi connectivity index (χ4n) is 1.39. The van der Waals surface area contributed by atoms with Gasteiger partial charge >= 0.3 is 6.18 Å². The number of nitrogens with one attached hydrogen (secondary N) is 1. The van der Waals surface area contributed by atoms with Gasteiger partial charge in [0.1, 0.15) is 5.75 Å². The molecule has 0 unspecified atom stereocenters. The number of anilines is 1. The fourth-order valence-corrected chi connectivity index (χ4v) is 1.39. The van der Waals surface area contributed by atoms with Crippen LogP contribution in [0.25, 0.3) is 0 Å². The summed E-state index contributed by atoms with van der Waals surface area (Å²) < 4.78 is 43.6. The number of carbonyl (C=O) groups is 1. The molecule has 3 nitrogen and oxygen atoms in total. The number of benzene rings is 1. The average molecular weight is 261 g/mol. The number of carbonyl (C=O) groups excluding carboxylic acids is 1. The minimum absolute atomic E-state index is 0.0888. The Morgan fingerprint density at radius 2 is 1.94 bits per heavy atom. The van der Waals surface area contributed by atoms with E-state index in [0.717, 1.165) is 6.07 Å². The zero-order valence-corrected chi connectivity index (χ0v) is 10.3. The molecule has 100 valence electrons. The molecule has 0 aliphatic rings. The van der Waals surface area contributed by atoms with E-state index in [1.165, 1.54) is 19.1 Å². The van der Waals surface area contributed by atoms with Crippen LogP contribution >= 0.6 is 0 Å². The Labute approximate surface area is 103 Å². The second kappa shape index (κ2) is 5.29. The first-order valence-electron chi connectivity index (χ1n) is 5.35. The molecule has 0 aliphatic carbocycles. The SMILES string of the molecule is CC(=O)Nc1ccc(OC(C)C)c(C(F)(F)F)c1. The molecule has 1 N–H and O–H groups in total. The smallest absolute Gasteiger partial charge is 0.420 e. The molecule has 0 atom stereocenters. The molecule has 0 saturated carbocycles. The third-order valence-corrected chi connectivity index (χ3v) is 1.97. The molecule has 6 heteroatoms. The summed E-state index contributed by atoms with van der Waals surface area (Å²) in [6.45, 7) is 4.51. The Hall–Kier alpha value is -1.72. The lowest BCUT2D eigenvalue weighted by molar-refractivity contribution is -0.139. The van der Waals surface area contributed by atoms with Gasteiger partial charge in [0.15, 0.2) is 0 Å². The first kappa shape index (κ1) is 14.3. The van der Waals surface area contributed by atoms with E-state index >= 15 is 0 Å². The van der Waals surface area contributed by atoms with Crippen LogP contribution in [-0.2, 0) is 11.0 Å². The van der Waals surface area contributed by atoms with Crippen LogP contribution in [-0.4, -0.2) is 12.0 Å². The molecule has 1 aromatic rings. The van der Waals surface area contributed by atoms with Crippen LogP contribution in [0.2, 0.25) is 0 Å². The predicted octanol–water partition coefficient (Wildman–Crippen LogP) is 3.45. The molecule has 0 spiro atoms. The van der Waals surface area contributed by atoms with E-state index in [4.69, 9.17) is 4.74 Å². The maximum atomic E-state index is 12.8. The Balaban J connectivity index is 3.16. The fraction of sp³-hybridized carbons (Fsp3) is 0.417. The number of alkyl halides is 3. The van der Waals surface area contributed by atoms with Crippen molar-refractivity contribution in [2.45, 2.75) is 33.1 Å². The lowest BCUT2D eigenvalue weighted by Gasteiger charge is -2.17. The lowest BCUT2D eigenvalue weighted by atomic mass is 10.1. The summed E-state index contributed by atoms with van der Waals surface area (Å²) in [6, 6.07) is 3.43. The van der Waals surface area contributed by atoms with Crippen molar-refractivity contribution < 1.29 is 22.7 Å². The highest BCUT2D eigenvalue weighted by Gasteiger charge is 2.35. The molecule has 1 amide bonds. The van der Waals surface area contributed by atoms with Crippen LogP contribution < -0.4 is 10.1 Å². The number of ether oxygens (including phenoxy) is 1. The molecule has 1 aromatic carbocycles. The van der Waals surface area contributed by atoms with Crippen molar-refractivity contribution in [3.05, 3.63) is 23.8 Å². The van der Waals surface area contributed by atoms with Gasteiger partial charge in [-0.2, -0.15) is 13.2 Å². The summed E-state index contributed by atoms with van der Waals surface area (Å²) in [4.78, 5) is 10.8. The lowest BCUT2D eigenvalue weighted by Crippen LogP contribution is -2.14. The molecule has 0 aliphatic heterocycles. The van der Waals surface area contributed by atoms with Gasteiger partial charge in [-0.05, 0) is 32.0 Å². The molecule has 0 heterocycles. The summed E-state index contributed by atoms with van der Waals surface area (Å²) in [5.74, 6) is -0.674. The van der Waals surface area contributed by atoms with Crippen molar-refractivity contribution in [1.82, 2.24) is 0 Å². The molecule has 0 saturated heterocycles. The molecule has 0 radical (unpaired) electrons. The zero-order valence-electron chi connectivity index (χ0n) is 10.3. The minimum atomic E-state index is -4.53. The van der Waals surface area contributed by atoms with Gasteiger partial charge in [-0.25, -0.2) is 0 Å². The van der Waals surface area contributed by atoms with E-state index < -0.39 is 17.6 Å². The van der Waals surface area contributed by atoms with Gasteiger partial charge in [0.25, 0.3) is 0 Å². The van der Waals surface area contributed by atoms with Gasteiger partial charge < -0.3 is 10.1 Å². The van der Waals surface area contributed by atoms with E-state index in [0.29, 0.717) is 0 Å². The van der Waals surface area contributed by atoms with Gasteiger partial charge in [-0.1, -0.05) is 0 Å². The van der Waals surface area contributed by atoms with Crippen LogP contribution in [0, 0.1) is 0 Å². The Morgan fingerprint density at radius 1 is 1.33 bits per heavy atom. The first-order chi connectivity index (χ1) is 8.20. The number of hydrogen-bond acceptors (Lipinski definition) is 2. The molecule has 1 rings (SSSR count). The average Bonchev–Trinajstić information content (AvgIpc) is 2.17. The maximum absolute atomic E-state index is 12.8. The van der Waals surface area contributed by atoms with Crippen molar-refractivity contribution in [1.29, 1.82) is 0 Å². The topological polar surface area (TPSA) is 38.3 Å². The molecule has 0 bridgehead atoms. The van der Waals surface area contributed by atoms with E-state index in [1.54, 1.807) is 13.8 Å². The quantitative estimate of drug-likeness (QED) is 0.905. The second-order valence-electron chi connectivity index (χ2n) is 4.06. The second-order valence-corrected chi connectivity index (χ2v) is 4.06. The number of rotatable bonds is 3. The zero-order chi connectivity index (χ0) is 13.9. The van der Waals surface area contributed by atoms with Crippen molar-refractivity contribution in [3.8, 4) is 5.75 Å². The summed E-state index contributed by atoms with van der Waals surface area (Å²) in [5.41, 5.74) is -0.812. The van der Waals surface area contributed by atoms with E-state index in [9.17, 15) is 18.0 Å². The monoisotopic (exact) mass is 261 g/mol. The van der Waals surface area contributed by atoms with E-state index in [2.05, 4.69) is 5.32 Å². The molecular formula is C12H14F3NO2. The summed E-state index contributed by atoms with van der Waals surface area (Å²) >= 11 is 0. The summed E-state index contributed by atoms with van der Waals surface area (Å²) in [5, 5.41) is 2.30. The van der Waals surface area contributed by atoms with Crippen LogP contribution in [0.5, 0.6) is 5.75 Å². The third-order valence-electron chi connectivity index (χ3n) is 1.97. The maximum Gasteiger partial charge on any atom is 0.420 e. The van der Waals surface area contributed by atoms with Crippen molar-refractivity contribution >= 4 is 11.6 Å². The molecule has 0 fully saturated rings. The number of halogens is 3. The van der Waals surface area contributed by atoms with Crippen LogP contribution in [0.3, 0.4) is 0 Å². The van der Waals surface area contributed by atoms with Gasteiger partial charge in [0.05, 0.1) is 11.7 Å². The Kier molecular flexibility index (Phi) is 4.21. The largest absolute Gasteiger partial charge is 0.490 e. The summed E-state index contributed by atoms with van der Waals surface area (Å²) in [6.07, 6.45) is -4.89. The predicted molar refractivity (Wildman–Crippen MR) is 61.5 cm³/mol. The van der Waals surface area contributed by atoms with E-state index in [1.807, 2.05) is 0 Å². The highest BCUT2D eigenvalue weighted by atomic mass is 19.4. The van der Waals surface area contributed by atoms with Crippen LogP contribution in [0.4, 0.5) is 18.9 Å². The van der Waals surface area contributed by atoms with Gasteiger partial charge in [-0.3, -0.25) is 4.79 Å². The number of hydrogen-bond donors (Lipinski definition) is 1. The van der Waals surface area contributed by atoms with Gasteiger partial charge in [0.2, 0.25) is 5.91 Å². The highest BCUT2D eigenvalue weighted by molar-refractivity contribution is 5.88. The van der Waals surface area contributed by atoms with Crippen molar-refractivity contribution in [3.63, 3.8) is 0 Å². The van der Waals surface area contributed by atoms with Crippen molar-refractivity contribution in [2.24, 2.45) is 0 Å². The molecule has 18 heavy (non-hydrogen) atoms. The van der Waals surface area contributed by atoms with E-state index in [-0.39, 0.29) is 17.5 Å². The van der Waals surface area contributed by atoms with Crippen LogP contribution in [0.15, 0.2) is 18.2 Å². The Morgan fingerprint density at radius 3 is 2.39 bits per heavy atom. The van der Waals surface area contributed by atoms with Crippen molar-refractivity contribution in [2.75, 3.05) is 5.32 Å². The Bertz CT molecular complexity index is 441. The molecular weight excluding hydrogens is 247 g/mol. The minimum Gasteiger partial charge on any atom is -0.490 e. The van der Waals surface area contributed by atoms with Gasteiger partial charge in [-0.15, -0.1) is 0 Å². The van der Waals surface area contributed by atoms with Gasteiger partial charge in [0, 0.05) is 12.6 Å². The first-order valence-corrected chi connectivity index (χ1v) is 5.35. The van der Waals surface area contributed by atoms with Crippen LogP contribution in [0.1, 0.15) is 26.3 Å². The summed E-state index contributed by atoms with van der Waals surface area (Å²) in [7, 11) is 0. The normalized spacial score (nSPS) is 11.5. The molecule has 0 aromatic heterocycles. The standard InChI is InChI=1S/C12H14F3NO2/c1-7(2)18-11-5-4-9(16-8(3)17)6-10(11)12(13,14)15/h4-7H,1-3H3,(H,16,17).